The number of nitrogens with one attached hydrogen (secondary N) is 1. The minimum atomic E-state index is -0.843. The van der Waals surface area contributed by atoms with Gasteiger partial charge in [0.1, 0.15) is 12.2 Å². The van der Waals surface area contributed by atoms with Crippen molar-refractivity contribution in [3.63, 3.8) is 0 Å². The van der Waals surface area contributed by atoms with Crippen molar-refractivity contribution in [1.82, 2.24) is 5.32 Å². The van der Waals surface area contributed by atoms with E-state index in [0.717, 1.165) is 4.90 Å². The van der Waals surface area contributed by atoms with Gasteiger partial charge in [-0.15, -0.1) is 0 Å². The van der Waals surface area contributed by atoms with Gasteiger partial charge >= 0.3 is 6.03 Å². The van der Waals surface area contributed by atoms with Crippen LogP contribution in [0, 0.1) is 3.57 Å². The molecule has 0 radical (unpaired) electrons. The lowest BCUT2D eigenvalue weighted by Gasteiger charge is -2.26. The van der Waals surface area contributed by atoms with Crippen LogP contribution in [0.1, 0.15) is 5.56 Å². The highest BCUT2D eigenvalue weighted by Gasteiger charge is 2.37. The van der Waals surface area contributed by atoms with E-state index >= 15 is 0 Å². The van der Waals surface area contributed by atoms with Gasteiger partial charge in [-0.1, -0.05) is 30.3 Å². The van der Waals surface area contributed by atoms with Gasteiger partial charge in [0.25, 0.3) is 11.8 Å². The number of nitrogens with zero attached hydrogens (tertiary/aromatic N) is 1. The number of methoxy groups -OCH3 is 1. The second-order valence-electron chi connectivity index (χ2n) is 6.07. The molecule has 0 saturated carbocycles. The van der Waals surface area contributed by atoms with Crippen LogP contribution in [0.25, 0.3) is 6.08 Å². The summed E-state index contributed by atoms with van der Waals surface area (Å²) in [6.45, 7) is 3.91. The predicted molar refractivity (Wildman–Crippen MR) is 122 cm³/mol. The number of urea groups is 1. The zero-order valence-corrected chi connectivity index (χ0v) is 18.7. The van der Waals surface area contributed by atoms with Crippen molar-refractivity contribution in [3.8, 4) is 11.5 Å². The molecule has 0 aromatic heterocycles. The third-order valence-corrected chi connectivity index (χ3v) is 5.11. The monoisotopic (exact) mass is 538 g/mol. The van der Waals surface area contributed by atoms with Gasteiger partial charge in [-0.05, 0) is 64.6 Å². The van der Waals surface area contributed by atoms with Crippen LogP contribution in [0.3, 0.4) is 0 Å². The quantitative estimate of drug-likeness (QED) is 0.258. The van der Waals surface area contributed by atoms with Gasteiger partial charge in [-0.2, -0.15) is 0 Å². The molecule has 1 saturated heterocycles. The number of carbonyl (C=O) groups is 3. The van der Waals surface area contributed by atoms with Gasteiger partial charge in [-0.3, -0.25) is 14.9 Å². The standard InChI is InChI=1S/C21H16ClIN2O5/c1-3-7-30-18-16(23)9-12(10-17(18)29-2)8-15-19(26)24-21(28)25(20(15)27)14-6-4-5-13(22)11-14/h3-6,8-11H,1,7H2,2H3,(H,24,26,28)/b15-8+. The Kier molecular flexibility index (Phi) is 6.78. The van der Waals surface area contributed by atoms with Crippen LogP contribution in [0.5, 0.6) is 11.5 Å². The van der Waals surface area contributed by atoms with Crippen LogP contribution in [-0.4, -0.2) is 31.6 Å². The smallest absolute Gasteiger partial charge is 0.335 e. The first-order valence-electron chi connectivity index (χ1n) is 8.64. The summed E-state index contributed by atoms with van der Waals surface area (Å²) in [6.07, 6.45) is 3.00. The highest BCUT2D eigenvalue weighted by molar-refractivity contribution is 14.1. The Morgan fingerprint density at radius 2 is 2.00 bits per heavy atom. The number of rotatable bonds is 6. The van der Waals surface area contributed by atoms with Crippen LogP contribution in [0.2, 0.25) is 5.02 Å². The van der Waals surface area contributed by atoms with Gasteiger partial charge in [0.05, 0.1) is 16.4 Å². The average Bonchev–Trinajstić information content (AvgIpc) is 2.70. The Labute approximate surface area is 191 Å². The van der Waals surface area contributed by atoms with E-state index in [4.69, 9.17) is 21.1 Å². The Hall–Kier alpha value is -2.85. The summed E-state index contributed by atoms with van der Waals surface area (Å²) < 4.78 is 11.7. The molecule has 1 aliphatic heterocycles. The number of benzene rings is 2. The molecule has 154 valence electrons. The molecule has 3 rings (SSSR count). The average molecular weight is 539 g/mol. The van der Waals surface area contributed by atoms with Crippen LogP contribution < -0.4 is 19.7 Å². The molecule has 0 aliphatic carbocycles. The minimum absolute atomic E-state index is 0.202. The van der Waals surface area contributed by atoms with Crippen LogP contribution in [0.15, 0.2) is 54.6 Å². The molecule has 1 heterocycles. The summed E-state index contributed by atoms with van der Waals surface area (Å²) in [7, 11) is 1.49. The van der Waals surface area contributed by atoms with Crippen molar-refractivity contribution in [3.05, 3.63) is 68.8 Å². The van der Waals surface area contributed by atoms with Crippen LogP contribution >= 0.6 is 34.2 Å². The first-order chi connectivity index (χ1) is 14.3. The molecule has 1 N–H and O–H groups in total. The van der Waals surface area contributed by atoms with E-state index in [1.54, 1.807) is 36.4 Å². The first-order valence-corrected chi connectivity index (χ1v) is 10.1. The van der Waals surface area contributed by atoms with Crippen molar-refractivity contribution in [2.75, 3.05) is 18.6 Å². The molecule has 9 heteroatoms. The number of anilines is 1. The van der Waals surface area contributed by atoms with E-state index in [2.05, 4.69) is 34.5 Å². The summed E-state index contributed by atoms with van der Waals surface area (Å²) in [5.41, 5.74) is 0.581. The van der Waals surface area contributed by atoms with Gasteiger partial charge in [0, 0.05) is 5.02 Å². The number of carbonyl (C=O) groups excluding carboxylic acids is 3. The molecule has 0 unspecified atom stereocenters. The van der Waals surface area contributed by atoms with Crippen molar-refractivity contribution >= 4 is 63.8 Å². The fourth-order valence-corrected chi connectivity index (χ4v) is 3.74. The molecule has 30 heavy (non-hydrogen) atoms. The second kappa shape index (κ2) is 9.31. The Morgan fingerprint density at radius 3 is 2.67 bits per heavy atom. The minimum Gasteiger partial charge on any atom is -0.493 e. The van der Waals surface area contributed by atoms with E-state index in [1.165, 1.54) is 19.3 Å². The fourth-order valence-electron chi connectivity index (χ4n) is 2.78. The number of halogens is 2. The normalized spacial score (nSPS) is 15.2. The second-order valence-corrected chi connectivity index (χ2v) is 7.67. The highest BCUT2D eigenvalue weighted by Crippen LogP contribution is 2.35. The van der Waals surface area contributed by atoms with Crippen molar-refractivity contribution in [2.45, 2.75) is 0 Å². The Balaban J connectivity index is 2.02. The van der Waals surface area contributed by atoms with E-state index in [1.807, 2.05) is 0 Å². The van der Waals surface area contributed by atoms with Gasteiger partial charge in [0.2, 0.25) is 0 Å². The Morgan fingerprint density at radius 1 is 1.23 bits per heavy atom. The molecule has 2 aromatic carbocycles. The van der Waals surface area contributed by atoms with E-state index in [0.29, 0.717) is 32.3 Å². The molecule has 7 nitrogen and oxygen atoms in total. The fraction of sp³-hybridized carbons (Fsp3) is 0.0952. The number of imide groups is 2. The summed E-state index contributed by atoms with van der Waals surface area (Å²) >= 11 is 8.04. The number of ether oxygens (including phenoxy) is 2. The molecular weight excluding hydrogens is 523 g/mol. The molecular formula is C21H16ClIN2O5. The van der Waals surface area contributed by atoms with Crippen molar-refractivity contribution in [1.29, 1.82) is 0 Å². The zero-order chi connectivity index (χ0) is 21.8. The van der Waals surface area contributed by atoms with Crippen LogP contribution in [0.4, 0.5) is 10.5 Å². The molecule has 2 aromatic rings. The topological polar surface area (TPSA) is 84.9 Å². The summed E-state index contributed by atoms with van der Waals surface area (Å²) in [5.74, 6) is -0.589. The van der Waals surface area contributed by atoms with Gasteiger partial charge in [-0.25, -0.2) is 9.69 Å². The maximum atomic E-state index is 13.0. The third-order valence-electron chi connectivity index (χ3n) is 4.08. The lowest BCUT2D eigenvalue weighted by Crippen LogP contribution is -2.54. The molecule has 0 bridgehead atoms. The first kappa shape index (κ1) is 21.8. The maximum absolute atomic E-state index is 13.0. The summed E-state index contributed by atoms with van der Waals surface area (Å²) in [5, 5.41) is 2.53. The highest BCUT2D eigenvalue weighted by atomic mass is 127. The number of hydrogen-bond acceptors (Lipinski definition) is 5. The Bertz CT molecular complexity index is 1080. The van der Waals surface area contributed by atoms with E-state index in [-0.39, 0.29) is 11.3 Å². The van der Waals surface area contributed by atoms with E-state index < -0.39 is 17.8 Å². The number of amides is 4. The van der Waals surface area contributed by atoms with E-state index in [9.17, 15) is 14.4 Å². The summed E-state index contributed by atoms with van der Waals surface area (Å²) in [6, 6.07) is 8.75. The maximum Gasteiger partial charge on any atom is 0.335 e. The summed E-state index contributed by atoms with van der Waals surface area (Å²) in [4.78, 5) is 38.5. The SMILES string of the molecule is C=CCOc1c(I)cc(/C=C2\C(=O)NC(=O)N(c3cccc(Cl)c3)C2=O)cc1OC. The molecule has 4 amide bonds. The number of barbiturate groups is 1. The molecule has 0 atom stereocenters. The van der Waals surface area contributed by atoms with Crippen molar-refractivity contribution < 1.29 is 23.9 Å². The zero-order valence-electron chi connectivity index (χ0n) is 15.8. The van der Waals surface area contributed by atoms with Crippen molar-refractivity contribution in [2.24, 2.45) is 0 Å². The molecule has 1 fully saturated rings. The molecule has 0 spiro atoms. The third kappa shape index (κ3) is 4.49. The largest absolute Gasteiger partial charge is 0.493 e. The lowest BCUT2D eigenvalue weighted by atomic mass is 10.1. The lowest BCUT2D eigenvalue weighted by molar-refractivity contribution is -0.122. The predicted octanol–water partition coefficient (Wildman–Crippen LogP) is 4.18. The van der Waals surface area contributed by atoms with Crippen LogP contribution in [-0.2, 0) is 9.59 Å². The number of hydrogen-bond donors (Lipinski definition) is 1. The molecule has 1 aliphatic rings. The van der Waals surface area contributed by atoms with Gasteiger partial charge in [0.15, 0.2) is 11.5 Å². The van der Waals surface area contributed by atoms with Gasteiger partial charge < -0.3 is 9.47 Å².